The highest BCUT2D eigenvalue weighted by molar-refractivity contribution is 5.86. The predicted octanol–water partition coefficient (Wildman–Crippen LogP) is 4.27. The van der Waals surface area contributed by atoms with Crippen LogP contribution in [-0.2, 0) is 11.3 Å². The number of hydrogen-bond donors (Lipinski definition) is 1. The van der Waals surface area contributed by atoms with Crippen molar-refractivity contribution in [1.29, 1.82) is 0 Å². The minimum absolute atomic E-state index is 0. The highest BCUT2D eigenvalue weighted by Crippen LogP contribution is 2.19. The van der Waals surface area contributed by atoms with Crippen molar-refractivity contribution in [1.82, 2.24) is 19.6 Å². The zero-order chi connectivity index (χ0) is 25.5. The van der Waals surface area contributed by atoms with Crippen molar-refractivity contribution in [2.45, 2.75) is 13.0 Å². The summed E-state index contributed by atoms with van der Waals surface area (Å²) in [6, 6.07) is 12.8. The summed E-state index contributed by atoms with van der Waals surface area (Å²) in [5.74, 6) is -1.45. The summed E-state index contributed by atoms with van der Waals surface area (Å²) in [4.78, 5) is 29.2. The summed E-state index contributed by atoms with van der Waals surface area (Å²) in [5.41, 5.74) is 1.36. The van der Waals surface area contributed by atoms with Gasteiger partial charge >= 0.3 is 6.09 Å². The maximum Gasteiger partial charge on any atom is 0.411 e. The van der Waals surface area contributed by atoms with Crippen LogP contribution in [0.4, 0.5) is 19.3 Å². The minimum Gasteiger partial charge on any atom is -0.449 e. The van der Waals surface area contributed by atoms with E-state index in [0.29, 0.717) is 17.9 Å². The van der Waals surface area contributed by atoms with Gasteiger partial charge in [-0.3, -0.25) is 10.1 Å². The van der Waals surface area contributed by atoms with Gasteiger partial charge in [0.1, 0.15) is 11.6 Å². The Bertz CT molecular complexity index is 1250. The fraction of sp³-hybridized carbons (Fsp3) is 0.346. The molecular formula is C26H31Cl2F2N5O3. The molecule has 12 heteroatoms. The van der Waals surface area contributed by atoms with E-state index >= 15 is 0 Å². The molecular weight excluding hydrogens is 539 g/mol. The van der Waals surface area contributed by atoms with Crippen LogP contribution >= 0.6 is 24.8 Å². The number of carbonyl (C=O) groups is 1. The number of nitrogens with zero attached hydrogens (tertiary/aromatic N) is 4. The van der Waals surface area contributed by atoms with Gasteiger partial charge in [0.25, 0.3) is 5.56 Å². The van der Waals surface area contributed by atoms with E-state index in [1.807, 2.05) is 0 Å². The second-order valence-corrected chi connectivity index (χ2v) is 8.83. The number of piperazine rings is 1. The molecule has 1 N–H and O–H groups in total. The highest BCUT2D eigenvalue weighted by Gasteiger charge is 2.13. The number of halogens is 4. The summed E-state index contributed by atoms with van der Waals surface area (Å²) < 4.78 is 33.7. The van der Waals surface area contributed by atoms with Gasteiger partial charge in [-0.15, -0.1) is 24.8 Å². The largest absolute Gasteiger partial charge is 0.449 e. The first-order valence-corrected chi connectivity index (χ1v) is 11.8. The molecule has 2 aromatic carbocycles. The Balaban J connectivity index is 0.00000253. The van der Waals surface area contributed by atoms with Gasteiger partial charge in [0, 0.05) is 56.1 Å². The van der Waals surface area contributed by atoms with Crippen molar-refractivity contribution in [3.05, 3.63) is 82.1 Å². The van der Waals surface area contributed by atoms with E-state index in [0.717, 1.165) is 57.3 Å². The Labute approximate surface area is 232 Å². The van der Waals surface area contributed by atoms with E-state index in [2.05, 4.69) is 27.3 Å². The first-order chi connectivity index (χ1) is 17.4. The van der Waals surface area contributed by atoms with E-state index < -0.39 is 17.7 Å². The summed E-state index contributed by atoms with van der Waals surface area (Å²) in [7, 11) is 2.11. The number of carbonyl (C=O) groups excluding carboxylic acids is 1. The Morgan fingerprint density at radius 1 is 1.00 bits per heavy atom. The maximum absolute atomic E-state index is 13.6. The molecule has 3 aromatic rings. The van der Waals surface area contributed by atoms with Gasteiger partial charge in [0.2, 0.25) is 0 Å². The van der Waals surface area contributed by atoms with Crippen molar-refractivity contribution in [2.24, 2.45) is 0 Å². The van der Waals surface area contributed by atoms with E-state index in [1.54, 1.807) is 24.3 Å². The molecule has 0 aliphatic carbocycles. The van der Waals surface area contributed by atoms with Gasteiger partial charge in [-0.25, -0.2) is 18.3 Å². The van der Waals surface area contributed by atoms with Gasteiger partial charge in [-0.05, 0) is 49.4 Å². The van der Waals surface area contributed by atoms with Gasteiger partial charge in [0.05, 0.1) is 18.8 Å². The van der Waals surface area contributed by atoms with Crippen molar-refractivity contribution in [3.8, 4) is 11.3 Å². The third-order valence-corrected chi connectivity index (χ3v) is 5.98. The van der Waals surface area contributed by atoms with Crippen molar-refractivity contribution < 1.29 is 18.3 Å². The number of ether oxygens (including phenoxy) is 1. The number of rotatable bonds is 8. The average molecular weight is 570 g/mol. The molecule has 1 aliphatic heterocycles. The number of likely N-dealkylation sites (N-methyl/N-ethyl adjacent to an activating group) is 1. The maximum atomic E-state index is 13.6. The first kappa shape index (κ1) is 31.2. The second-order valence-electron chi connectivity index (χ2n) is 8.83. The normalized spacial score (nSPS) is 13.8. The van der Waals surface area contributed by atoms with Crippen LogP contribution in [0.2, 0.25) is 0 Å². The van der Waals surface area contributed by atoms with E-state index in [9.17, 15) is 18.4 Å². The molecule has 2 heterocycles. The Hall–Kier alpha value is -3.05. The monoisotopic (exact) mass is 569 g/mol. The topological polar surface area (TPSA) is 79.7 Å². The van der Waals surface area contributed by atoms with E-state index in [-0.39, 0.29) is 48.2 Å². The molecule has 0 radical (unpaired) electrons. The third-order valence-electron chi connectivity index (χ3n) is 5.98. The molecule has 0 unspecified atom stereocenters. The van der Waals surface area contributed by atoms with Crippen LogP contribution in [0.3, 0.4) is 0 Å². The lowest BCUT2D eigenvalue weighted by atomic mass is 10.1. The Morgan fingerprint density at radius 3 is 2.42 bits per heavy atom. The molecule has 0 saturated carbocycles. The molecule has 1 aromatic heterocycles. The molecule has 0 spiro atoms. The Kier molecular flexibility index (Phi) is 12.1. The van der Waals surface area contributed by atoms with Gasteiger partial charge < -0.3 is 14.5 Å². The Morgan fingerprint density at radius 2 is 1.71 bits per heavy atom. The summed E-state index contributed by atoms with van der Waals surface area (Å²) >= 11 is 0. The number of hydrogen-bond acceptors (Lipinski definition) is 6. The molecule has 0 atom stereocenters. The van der Waals surface area contributed by atoms with Crippen LogP contribution in [0, 0.1) is 11.6 Å². The van der Waals surface area contributed by atoms with Crippen molar-refractivity contribution >= 4 is 36.6 Å². The van der Waals surface area contributed by atoms with Crippen LogP contribution in [0.25, 0.3) is 11.3 Å². The number of benzene rings is 2. The number of nitrogens with one attached hydrogen (secondary N) is 1. The SMILES string of the molecule is CN1CCN(CCCOC(=O)Nc2cccc(Cn3nc(-c4cc(F)cc(F)c4)ccc3=O)c2)CC1.Cl.Cl. The van der Waals surface area contributed by atoms with Crippen LogP contribution in [0.15, 0.2) is 59.4 Å². The molecule has 1 amide bonds. The van der Waals surface area contributed by atoms with Gasteiger partial charge in [-0.2, -0.15) is 5.10 Å². The predicted molar refractivity (Wildman–Crippen MR) is 147 cm³/mol. The lowest BCUT2D eigenvalue weighted by molar-refractivity contribution is 0.130. The molecule has 38 heavy (non-hydrogen) atoms. The molecule has 1 aliphatic rings. The van der Waals surface area contributed by atoms with Gasteiger partial charge in [0.15, 0.2) is 0 Å². The first-order valence-electron chi connectivity index (χ1n) is 11.8. The zero-order valence-electron chi connectivity index (χ0n) is 20.9. The fourth-order valence-corrected chi connectivity index (χ4v) is 4.02. The summed E-state index contributed by atoms with van der Waals surface area (Å²) in [6.45, 7) is 5.47. The van der Waals surface area contributed by atoms with Crippen LogP contribution in [-0.4, -0.2) is 72.1 Å². The molecule has 1 fully saturated rings. The molecule has 206 valence electrons. The minimum atomic E-state index is -0.727. The fourth-order valence-electron chi connectivity index (χ4n) is 4.02. The quantitative estimate of drug-likeness (QED) is 0.408. The number of aromatic nitrogens is 2. The summed E-state index contributed by atoms with van der Waals surface area (Å²) in [5, 5.41) is 6.96. The zero-order valence-corrected chi connectivity index (χ0v) is 22.6. The molecule has 4 rings (SSSR count). The number of amides is 1. The van der Waals surface area contributed by atoms with Crippen LogP contribution in [0.1, 0.15) is 12.0 Å². The van der Waals surface area contributed by atoms with Crippen molar-refractivity contribution in [3.63, 3.8) is 0 Å². The van der Waals surface area contributed by atoms with Crippen LogP contribution < -0.4 is 10.9 Å². The lowest BCUT2D eigenvalue weighted by Crippen LogP contribution is -2.44. The summed E-state index contributed by atoms with van der Waals surface area (Å²) in [6.07, 6.45) is 0.216. The lowest BCUT2D eigenvalue weighted by Gasteiger charge is -2.32. The second kappa shape index (κ2) is 14.8. The van der Waals surface area contributed by atoms with E-state index in [4.69, 9.17) is 4.74 Å². The van der Waals surface area contributed by atoms with Gasteiger partial charge in [-0.1, -0.05) is 12.1 Å². The third kappa shape index (κ3) is 9.05. The highest BCUT2D eigenvalue weighted by atomic mass is 35.5. The van der Waals surface area contributed by atoms with E-state index in [1.165, 1.54) is 16.8 Å². The molecule has 1 saturated heterocycles. The standard InChI is InChI=1S/C26H29F2N5O3.2ClH/c1-31-9-11-32(12-10-31)8-3-13-36-26(35)29-23-5-2-4-19(14-23)18-33-25(34)7-6-24(30-33)20-15-21(27)17-22(28)16-20;;/h2,4-7,14-17H,3,8-13,18H2,1H3,(H,29,35);2*1H. The molecule has 8 nitrogen and oxygen atoms in total. The number of anilines is 1. The van der Waals surface area contributed by atoms with Crippen LogP contribution in [0.5, 0.6) is 0 Å². The smallest absolute Gasteiger partial charge is 0.411 e. The van der Waals surface area contributed by atoms with Crippen molar-refractivity contribution in [2.75, 3.05) is 51.7 Å². The average Bonchev–Trinajstić information content (AvgIpc) is 2.84. The molecule has 0 bridgehead atoms.